The number of carbonyl (C=O) groups excluding carboxylic acids is 2. The number of benzene rings is 1. The van der Waals surface area contributed by atoms with Gasteiger partial charge in [-0.25, -0.2) is 0 Å². The maximum Gasteiger partial charge on any atom is 0.253 e. The lowest BCUT2D eigenvalue weighted by Crippen LogP contribution is -2.76. The van der Waals surface area contributed by atoms with Crippen LogP contribution >= 0.6 is 12.4 Å². The minimum absolute atomic E-state index is 0. The van der Waals surface area contributed by atoms with Crippen molar-refractivity contribution in [1.82, 2.24) is 9.80 Å². The number of hydrogen-bond donors (Lipinski definition) is 1. The van der Waals surface area contributed by atoms with Crippen LogP contribution in [0.4, 0.5) is 0 Å². The number of amides is 2. The largest absolute Gasteiger partial charge is 0.378 e. The molecule has 0 radical (unpaired) electrons. The third-order valence-electron chi connectivity index (χ3n) is 6.36. The zero-order valence-electron chi connectivity index (χ0n) is 17.2. The van der Waals surface area contributed by atoms with Crippen molar-refractivity contribution in [1.29, 1.82) is 0 Å². The van der Waals surface area contributed by atoms with Crippen molar-refractivity contribution in [3.05, 3.63) is 35.4 Å². The van der Waals surface area contributed by atoms with E-state index in [0.717, 1.165) is 5.56 Å². The third kappa shape index (κ3) is 3.78. The molecule has 2 fully saturated rings. The fourth-order valence-electron chi connectivity index (χ4n) is 4.07. The molecular formula is C21H32ClN3O3. The van der Waals surface area contributed by atoms with Crippen molar-refractivity contribution in [2.45, 2.75) is 45.8 Å². The van der Waals surface area contributed by atoms with Gasteiger partial charge in [0.15, 0.2) is 0 Å². The highest BCUT2D eigenvalue weighted by atomic mass is 35.5. The molecule has 1 saturated heterocycles. The Hall–Kier alpha value is -1.63. The Labute approximate surface area is 173 Å². The van der Waals surface area contributed by atoms with Crippen LogP contribution < -0.4 is 5.73 Å². The van der Waals surface area contributed by atoms with Gasteiger partial charge in [0.1, 0.15) is 5.54 Å². The van der Waals surface area contributed by atoms with Gasteiger partial charge in [0.2, 0.25) is 5.91 Å². The summed E-state index contributed by atoms with van der Waals surface area (Å²) in [4.78, 5) is 29.4. The first kappa shape index (κ1) is 22.7. The highest BCUT2D eigenvalue weighted by molar-refractivity contribution is 5.94. The number of piperazine rings is 1. The van der Waals surface area contributed by atoms with Crippen molar-refractivity contribution in [2.75, 3.05) is 32.8 Å². The van der Waals surface area contributed by atoms with Crippen LogP contribution in [0.1, 0.15) is 43.1 Å². The van der Waals surface area contributed by atoms with Crippen LogP contribution in [0.3, 0.4) is 0 Å². The quantitative estimate of drug-likeness (QED) is 0.827. The van der Waals surface area contributed by atoms with Gasteiger partial charge in [0.05, 0.1) is 6.10 Å². The Kier molecular flexibility index (Phi) is 6.79. The molecule has 2 aliphatic rings. The summed E-state index contributed by atoms with van der Waals surface area (Å²) in [5, 5.41) is 0. The summed E-state index contributed by atoms with van der Waals surface area (Å²) in [6.45, 7) is 10.7. The predicted octanol–water partition coefficient (Wildman–Crippen LogP) is 2.23. The summed E-state index contributed by atoms with van der Waals surface area (Å²) >= 11 is 0. The lowest BCUT2D eigenvalue weighted by molar-refractivity contribution is -0.180. The minimum Gasteiger partial charge on any atom is -0.378 e. The molecule has 7 heteroatoms. The highest BCUT2D eigenvalue weighted by Crippen LogP contribution is 2.50. The van der Waals surface area contributed by atoms with Gasteiger partial charge in [-0.1, -0.05) is 31.5 Å². The standard InChI is InChI=1S/C21H31N3O3.ClH/c1-5-27-17-14-21(22,20(17,3)4)19(26)24-12-10-23(11-13-24)18(25)16-8-6-15(2)7-9-16;/h6-9,17H,5,10-14,22H2,1-4H3;1H. The minimum atomic E-state index is -0.893. The second-order valence-corrected chi connectivity index (χ2v) is 8.29. The van der Waals surface area contributed by atoms with E-state index in [-0.39, 0.29) is 30.3 Å². The average molecular weight is 410 g/mol. The second-order valence-electron chi connectivity index (χ2n) is 8.29. The second kappa shape index (κ2) is 8.39. The SMILES string of the molecule is CCOC1CC(N)(C(=O)N2CCN(C(=O)c3ccc(C)cc3)CC2)C1(C)C.Cl. The number of carbonyl (C=O) groups is 2. The van der Waals surface area contributed by atoms with E-state index in [0.29, 0.717) is 44.8 Å². The van der Waals surface area contributed by atoms with Crippen molar-refractivity contribution in [3.63, 3.8) is 0 Å². The summed E-state index contributed by atoms with van der Waals surface area (Å²) in [7, 11) is 0. The summed E-state index contributed by atoms with van der Waals surface area (Å²) < 4.78 is 5.73. The molecular weight excluding hydrogens is 378 g/mol. The van der Waals surface area contributed by atoms with Gasteiger partial charge >= 0.3 is 0 Å². The van der Waals surface area contributed by atoms with Crippen molar-refractivity contribution < 1.29 is 14.3 Å². The molecule has 1 aliphatic carbocycles. The molecule has 1 saturated carbocycles. The summed E-state index contributed by atoms with van der Waals surface area (Å²) in [5.74, 6) is -0.00386. The first-order valence-electron chi connectivity index (χ1n) is 9.76. The van der Waals surface area contributed by atoms with Crippen LogP contribution in [0, 0.1) is 12.3 Å². The monoisotopic (exact) mass is 409 g/mol. The normalized spacial score (nSPS) is 26.2. The molecule has 2 unspecified atom stereocenters. The van der Waals surface area contributed by atoms with Gasteiger partial charge in [-0.15, -0.1) is 12.4 Å². The van der Waals surface area contributed by atoms with Crippen molar-refractivity contribution in [3.8, 4) is 0 Å². The third-order valence-corrected chi connectivity index (χ3v) is 6.36. The zero-order valence-corrected chi connectivity index (χ0v) is 18.1. The van der Waals surface area contributed by atoms with Crippen LogP contribution in [-0.2, 0) is 9.53 Å². The maximum absolute atomic E-state index is 13.1. The highest BCUT2D eigenvalue weighted by Gasteiger charge is 2.63. The first-order valence-corrected chi connectivity index (χ1v) is 9.76. The van der Waals surface area contributed by atoms with Crippen LogP contribution in [-0.4, -0.2) is 66.0 Å². The van der Waals surface area contributed by atoms with Crippen LogP contribution in [0.25, 0.3) is 0 Å². The number of ether oxygens (including phenoxy) is 1. The fraction of sp³-hybridized carbons (Fsp3) is 0.619. The number of nitrogens with zero attached hydrogens (tertiary/aromatic N) is 2. The zero-order chi connectivity index (χ0) is 19.8. The molecule has 1 aromatic carbocycles. The molecule has 1 aromatic rings. The van der Waals surface area contributed by atoms with Crippen molar-refractivity contribution >= 4 is 24.2 Å². The predicted molar refractivity (Wildman–Crippen MR) is 112 cm³/mol. The Morgan fingerprint density at radius 2 is 1.64 bits per heavy atom. The molecule has 0 spiro atoms. The molecule has 0 bridgehead atoms. The van der Waals surface area contributed by atoms with E-state index in [1.165, 1.54) is 0 Å². The van der Waals surface area contributed by atoms with Gasteiger partial charge in [0.25, 0.3) is 5.91 Å². The molecule has 2 N–H and O–H groups in total. The van der Waals surface area contributed by atoms with Crippen molar-refractivity contribution in [2.24, 2.45) is 11.1 Å². The average Bonchev–Trinajstić information content (AvgIpc) is 2.67. The van der Waals surface area contributed by atoms with Gasteiger partial charge in [0, 0.05) is 50.2 Å². The Bertz CT molecular complexity index is 714. The van der Waals surface area contributed by atoms with E-state index in [1.54, 1.807) is 0 Å². The molecule has 2 amide bonds. The van der Waals surface area contributed by atoms with E-state index in [2.05, 4.69) is 0 Å². The maximum atomic E-state index is 13.1. The molecule has 1 heterocycles. The molecule has 3 rings (SSSR count). The van der Waals surface area contributed by atoms with E-state index in [4.69, 9.17) is 10.5 Å². The van der Waals surface area contributed by atoms with E-state index in [1.807, 2.05) is 61.8 Å². The van der Waals surface area contributed by atoms with Crippen LogP contribution in [0.5, 0.6) is 0 Å². The number of hydrogen-bond acceptors (Lipinski definition) is 4. The topological polar surface area (TPSA) is 75.9 Å². The first-order chi connectivity index (χ1) is 12.7. The van der Waals surface area contributed by atoms with Gasteiger partial charge in [-0.05, 0) is 26.0 Å². The van der Waals surface area contributed by atoms with E-state index >= 15 is 0 Å². The summed E-state index contributed by atoms with van der Waals surface area (Å²) in [5.41, 5.74) is 7.06. The molecule has 156 valence electrons. The van der Waals surface area contributed by atoms with E-state index < -0.39 is 11.0 Å². The number of aryl methyl sites for hydroxylation is 1. The Balaban J connectivity index is 0.00000280. The Morgan fingerprint density at radius 3 is 2.14 bits per heavy atom. The molecule has 2 atom stereocenters. The lowest BCUT2D eigenvalue weighted by Gasteiger charge is -2.59. The number of rotatable bonds is 4. The summed E-state index contributed by atoms with van der Waals surface area (Å²) in [6, 6.07) is 7.60. The summed E-state index contributed by atoms with van der Waals surface area (Å²) in [6.07, 6.45) is 0.565. The van der Waals surface area contributed by atoms with E-state index in [9.17, 15) is 9.59 Å². The van der Waals surface area contributed by atoms with Gasteiger partial charge < -0.3 is 20.3 Å². The smallest absolute Gasteiger partial charge is 0.253 e. The number of halogens is 1. The van der Waals surface area contributed by atoms with Gasteiger partial charge in [-0.2, -0.15) is 0 Å². The van der Waals surface area contributed by atoms with Gasteiger partial charge in [-0.3, -0.25) is 9.59 Å². The number of nitrogens with two attached hydrogens (primary N) is 1. The fourth-order valence-corrected chi connectivity index (χ4v) is 4.07. The Morgan fingerprint density at radius 1 is 1.11 bits per heavy atom. The molecule has 6 nitrogen and oxygen atoms in total. The molecule has 0 aromatic heterocycles. The molecule has 28 heavy (non-hydrogen) atoms. The molecule has 1 aliphatic heterocycles. The lowest BCUT2D eigenvalue weighted by atomic mass is 9.54. The van der Waals surface area contributed by atoms with Crippen LogP contribution in [0.2, 0.25) is 0 Å². The van der Waals surface area contributed by atoms with Crippen LogP contribution in [0.15, 0.2) is 24.3 Å².